The topological polar surface area (TPSA) is 29.5 Å². The quantitative estimate of drug-likeness (QED) is 0.911. The van der Waals surface area contributed by atoms with Gasteiger partial charge < -0.3 is 9.84 Å². The van der Waals surface area contributed by atoms with E-state index < -0.39 is 17.7 Å². The van der Waals surface area contributed by atoms with Gasteiger partial charge in [-0.25, -0.2) is 0 Å². The highest BCUT2D eigenvalue weighted by molar-refractivity contribution is 5.46. The highest BCUT2D eigenvalue weighted by Crippen LogP contribution is 2.47. The molecule has 108 valence electrons. The van der Waals surface area contributed by atoms with Gasteiger partial charge in [0.2, 0.25) is 0 Å². The van der Waals surface area contributed by atoms with E-state index in [1.165, 1.54) is 33.1 Å². The van der Waals surface area contributed by atoms with Crippen molar-refractivity contribution in [2.45, 2.75) is 39.5 Å². The Morgan fingerprint density at radius 2 is 1.58 bits per heavy atom. The highest BCUT2D eigenvalue weighted by atomic mass is 19.4. The van der Waals surface area contributed by atoms with Crippen LogP contribution in [0.2, 0.25) is 0 Å². The number of benzene rings is 1. The van der Waals surface area contributed by atoms with Crippen LogP contribution in [0.5, 0.6) is 5.75 Å². The van der Waals surface area contributed by atoms with Crippen LogP contribution >= 0.6 is 0 Å². The monoisotopic (exact) mass is 276 g/mol. The van der Waals surface area contributed by atoms with Crippen molar-refractivity contribution in [3.63, 3.8) is 0 Å². The molecule has 0 aliphatic rings. The number of hydrogen-bond donors (Lipinski definition) is 1. The molecule has 0 amide bonds. The van der Waals surface area contributed by atoms with Crippen LogP contribution in [0.15, 0.2) is 12.1 Å². The predicted octanol–water partition coefficient (Wildman–Crippen LogP) is 3.72. The predicted molar refractivity (Wildman–Crippen MR) is 67.3 cm³/mol. The second kappa shape index (κ2) is 5.04. The molecule has 1 atom stereocenters. The molecule has 0 saturated heterocycles. The lowest BCUT2D eigenvalue weighted by atomic mass is 9.81. The molecular formula is C14H19F3O2. The van der Waals surface area contributed by atoms with Crippen molar-refractivity contribution in [2.24, 2.45) is 5.92 Å². The van der Waals surface area contributed by atoms with Crippen LogP contribution in [0, 0.1) is 19.8 Å². The maximum Gasteiger partial charge on any atom is 0.421 e. The maximum absolute atomic E-state index is 13.3. The van der Waals surface area contributed by atoms with Crippen LogP contribution in [-0.2, 0) is 5.60 Å². The van der Waals surface area contributed by atoms with Crippen LogP contribution in [0.4, 0.5) is 13.2 Å². The van der Waals surface area contributed by atoms with E-state index in [1.807, 2.05) is 0 Å². The van der Waals surface area contributed by atoms with Crippen molar-refractivity contribution >= 4 is 0 Å². The SMILES string of the molecule is COc1cc(C)c(C)cc1C(O)(C(C)C)C(F)(F)F. The second-order valence-electron chi connectivity index (χ2n) is 5.06. The fraction of sp³-hybridized carbons (Fsp3) is 0.571. The van der Waals surface area contributed by atoms with Crippen molar-refractivity contribution in [2.75, 3.05) is 7.11 Å². The number of hydrogen-bond acceptors (Lipinski definition) is 2. The lowest BCUT2D eigenvalue weighted by molar-refractivity contribution is -0.283. The summed E-state index contributed by atoms with van der Waals surface area (Å²) < 4.78 is 44.9. The van der Waals surface area contributed by atoms with Crippen LogP contribution in [0.1, 0.15) is 30.5 Å². The first kappa shape index (κ1) is 15.8. The van der Waals surface area contributed by atoms with Crippen LogP contribution < -0.4 is 4.74 Å². The molecule has 0 bridgehead atoms. The maximum atomic E-state index is 13.3. The number of halogens is 3. The molecule has 1 aromatic rings. The number of aliphatic hydroxyl groups is 1. The molecule has 0 saturated carbocycles. The van der Waals surface area contributed by atoms with E-state index in [9.17, 15) is 18.3 Å². The van der Waals surface area contributed by atoms with E-state index in [0.717, 1.165) is 5.56 Å². The number of methoxy groups -OCH3 is 1. The average Bonchev–Trinajstić information content (AvgIpc) is 2.29. The number of alkyl halides is 3. The summed E-state index contributed by atoms with van der Waals surface area (Å²) in [5.74, 6) is -0.972. The third-order valence-corrected chi connectivity index (χ3v) is 3.49. The van der Waals surface area contributed by atoms with E-state index in [4.69, 9.17) is 4.74 Å². The molecule has 0 aliphatic carbocycles. The number of ether oxygens (including phenoxy) is 1. The lowest BCUT2D eigenvalue weighted by Gasteiger charge is -2.35. The van der Waals surface area contributed by atoms with Gasteiger partial charge in [-0.05, 0) is 43.0 Å². The highest BCUT2D eigenvalue weighted by Gasteiger charge is 2.58. The fourth-order valence-corrected chi connectivity index (χ4v) is 2.05. The zero-order valence-electron chi connectivity index (χ0n) is 11.7. The molecule has 0 aromatic heterocycles. The lowest BCUT2D eigenvalue weighted by Crippen LogP contribution is -2.47. The van der Waals surface area contributed by atoms with Crippen LogP contribution in [0.3, 0.4) is 0 Å². The minimum absolute atomic E-state index is 0.0524. The van der Waals surface area contributed by atoms with Crippen molar-refractivity contribution in [3.8, 4) is 5.75 Å². The molecule has 0 spiro atoms. The largest absolute Gasteiger partial charge is 0.496 e. The van der Waals surface area contributed by atoms with Gasteiger partial charge in [-0.2, -0.15) is 13.2 Å². The molecule has 1 aromatic carbocycles. The standard InChI is InChI=1S/C14H19F3O2/c1-8(2)13(18,14(15,16)17)11-6-9(3)10(4)7-12(11)19-5/h6-8,18H,1-5H3. The average molecular weight is 276 g/mol. The summed E-state index contributed by atoms with van der Waals surface area (Å²) in [7, 11) is 1.30. The molecule has 5 heteroatoms. The van der Waals surface area contributed by atoms with Crippen LogP contribution in [0.25, 0.3) is 0 Å². The molecule has 0 aliphatic heterocycles. The summed E-state index contributed by atoms with van der Waals surface area (Å²) in [5.41, 5.74) is -1.66. The van der Waals surface area contributed by atoms with Crippen molar-refractivity contribution < 1.29 is 23.0 Å². The number of aryl methyl sites for hydroxylation is 2. The fourth-order valence-electron chi connectivity index (χ4n) is 2.05. The first-order valence-electron chi connectivity index (χ1n) is 6.00. The third kappa shape index (κ3) is 2.56. The first-order chi connectivity index (χ1) is 8.55. The summed E-state index contributed by atoms with van der Waals surface area (Å²) in [6, 6.07) is 2.87. The van der Waals surface area contributed by atoms with Gasteiger partial charge >= 0.3 is 6.18 Å². The Labute approximate surface area is 111 Å². The van der Waals surface area contributed by atoms with Gasteiger partial charge in [-0.1, -0.05) is 13.8 Å². The smallest absolute Gasteiger partial charge is 0.421 e. The van der Waals surface area contributed by atoms with E-state index in [2.05, 4.69) is 0 Å². The zero-order chi connectivity index (χ0) is 15.0. The van der Waals surface area contributed by atoms with Gasteiger partial charge in [0.15, 0.2) is 5.60 Å². The molecule has 1 N–H and O–H groups in total. The molecule has 2 nitrogen and oxygen atoms in total. The summed E-state index contributed by atoms with van der Waals surface area (Å²) in [6.45, 7) is 6.16. The van der Waals surface area contributed by atoms with E-state index >= 15 is 0 Å². The Morgan fingerprint density at radius 3 is 1.95 bits per heavy atom. The number of rotatable bonds is 3. The molecular weight excluding hydrogens is 257 g/mol. The van der Waals surface area contributed by atoms with Gasteiger partial charge in [-0.15, -0.1) is 0 Å². The normalized spacial score (nSPS) is 15.5. The Hall–Kier alpha value is -1.23. The summed E-state index contributed by atoms with van der Waals surface area (Å²) >= 11 is 0. The van der Waals surface area contributed by atoms with E-state index in [1.54, 1.807) is 13.8 Å². The summed E-state index contributed by atoms with van der Waals surface area (Å²) in [6.07, 6.45) is -4.77. The second-order valence-corrected chi connectivity index (χ2v) is 5.06. The molecule has 1 rings (SSSR count). The van der Waals surface area contributed by atoms with Crippen molar-refractivity contribution in [1.29, 1.82) is 0 Å². The van der Waals surface area contributed by atoms with Crippen molar-refractivity contribution in [3.05, 3.63) is 28.8 Å². The van der Waals surface area contributed by atoms with Gasteiger partial charge in [0.05, 0.1) is 7.11 Å². The summed E-state index contributed by atoms with van der Waals surface area (Å²) in [4.78, 5) is 0. The first-order valence-corrected chi connectivity index (χ1v) is 6.00. The Morgan fingerprint density at radius 1 is 1.11 bits per heavy atom. The third-order valence-electron chi connectivity index (χ3n) is 3.49. The zero-order valence-corrected chi connectivity index (χ0v) is 11.7. The van der Waals surface area contributed by atoms with E-state index in [0.29, 0.717) is 5.56 Å². The molecule has 0 fully saturated rings. The molecule has 0 heterocycles. The minimum Gasteiger partial charge on any atom is -0.496 e. The molecule has 0 radical (unpaired) electrons. The molecule has 19 heavy (non-hydrogen) atoms. The van der Waals surface area contributed by atoms with Gasteiger partial charge in [0.25, 0.3) is 0 Å². The Kier molecular flexibility index (Phi) is 4.20. The van der Waals surface area contributed by atoms with Crippen LogP contribution in [-0.4, -0.2) is 18.4 Å². The minimum atomic E-state index is -4.77. The van der Waals surface area contributed by atoms with Gasteiger partial charge in [0, 0.05) is 5.56 Å². The molecule has 1 unspecified atom stereocenters. The van der Waals surface area contributed by atoms with E-state index in [-0.39, 0.29) is 11.3 Å². The van der Waals surface area contributed by atoms with Gasteiger partial charge in [-0.3, -0.25) is 0 Å². The van der Waals surface area contributed by atoms with Crippen molar-refractivity contribution in [1.82, 2.24) is 0 Å². The van der Waals surface area contributed by atoms with Gasteiger partial charge in [0.1, 0.15) is 5.75 Å². The summed E-state index contributed by atoms with van der Waals surface area (Å²) in [5, 5.41) is 10.2. The Bertz CT molecular complexity index is 466. The Balaban J connectivity index is 3.61.